The first-order valence-corrected chi connectivity index (χ1v) is 14.0. The highest BCUT2D eigenvalue weighted by Crippen LogP contribution is 2.36. The van der Waals surface area contributed by atoms with Crippen LogP contribution in [0.5, 0.6) is 5.75 Å². The Morgan fingerprint density at radius 3 is 1.40 bits per heavy atom. The van der Waals surface area contributed by atoms with E-state index in [0.717, 1.165) is 50.0 Å². The van der Waals surface area contributed by atoms with Gasteiger partial charge < -0.3 is 13.9 Å². The van der Waals surface area contributed by atoms with Crippen LogP contribution in [-0.2, 0) is 0 Å². The Bertz CT molecular complexity index is 2230. The molecule has 0 saturated carbocycles. The standard InChI is InChI=1S/C38H24N2O3/c41-34-23-30(38-40-33-22-29(17-20-36(33)43-38)25-9-5-2-6-10-25)15-18-31(34)26-11-13-27(14-12-26)37-39-32-21-28(16-19-35(32)42-37)24-7-3-1-4-8-24/h1-23,41H. The van der Waals surface area contributed by atoms with Crippen LogP contribution in [0.4, 0.5) is 0 Å². The minimum absolute atomic E-state index is 0.146. The highest BCUT2D eigenvalue weighted by molar-refractivity contribution is 5.84. The van der Waals surface area contributed by atoms with Crippen molar-refractivity contribution < 1.29 is 13.9 Å². The summed E-state index contributed by atoms with van der Waals surface area (Å²) in [6.45, 7) is 0. The monoisotopic (exact) mass is 556 g/mol. The van der Waals surface area contributed by atoms with E-state index < -0.39 is 0 Å². The lowest BCUT2D eigenvalue weighted by Crippen LogP contribution is -1.84. The Labute approximate surface area is 247 Å². The third kappa shape index (κ3) is 4.63. The zero-order valence-electron chi connectivity index (χ0n) is 22.9. The van der Waals surface area contributed by atoms with Crippen molar-refractivity contribution in [2.45, 2.75) is 0 Å². The molecule has 0 unspecified atom stereocenters. The molecule has 0 aliphatic heterocycles. The van der Waals surface area contributed by atoms with Gasteiger partial charge in [-0.15, -0.1) is 0 Å². The molecule has 2 heterocycles. The van der Waals surface area contributed by atoms with Crippen molar-refractivity contribution in [3.05, 3.63) is 140 Å². The van der Waals surface area contributed by atoms with E-state index in [1.165, 1.54) is 0 Å². The van der Waals surface area contributed by atoms with Crippen LogP contribution in [0.3, 0.4) is 0 Å². The third-order valence-corrected chi connectivity index (χ3v) is 7.68. The summed E-state index contributed by atoms with van der Waals surface area (Å²) in [5.41, 5.74) is 10.6. The van der Waals surface area contributed by atoms with Gasteiger partial charge in [0.2, 0.25) is 11.8 Å². The molecule has 0 aliphatic rings. The maximum Gasteiger partial charge on any atom is 0.227 e. The van der Waals surface area contributed by atoms with E-state index in [1.807, 2.05) is 109 Å². The number of hydrogen-bond donors (Lipinski definition) is 1. The summed E-state index contributed by atoms with van der Waals surface area (Å²) in [4.78, 5) is 9.44. The number of phenols is 1. The van der Waals surface area contributed by atoms with Crippen LogP contribution < -0.4 is 0 Å². The summed E-state index contributed by atoms with van der Waals surface area (Å²) in [7, 11) is 0. The van der Waals surface area contributed by atoms with Crippen LogP contribution in [0.15, 0.2) is 148 Å². The molecule has 0 aliphatic carbocycles. The maximum atomic E-state index is 11.0. The molecule has 6 aromatic carbocycles. The van der Waals surface area contributed by atoms with Gasteiger partial charge in [-0.2, -0.15) is 0 Å². The van der Waals surface area contributed by atoms with Crippen molar-refractivity contribution in [3.8, 4) is 62.0 Å². The lowest BCUT2D eigenvalue weighted by molar-refractivity contribution is 0.477. The van der Waals surface area contributed by atoms with Gasteiger partial charge in [-0.1, -0.05) is 84.9 Å². The molecule has 0 amide bonds. The number of phenolic OH excluding ortho intramolecular Hbond substituents is 1. The zero-order chi connectivity index (χ0) is 28.8. The molecule has 0 bridgehead atoms. The van der Waals surface area contributed by atoms with Gasteiger partial charge in [0.05, 0.1) is 0 Å². The first-order chi connectivity index (χ1) is 21.2. The molecule has 0 spiro atoms. The van der Waals surface area contributed by atoms with E-state index in [-0.39, 0.29) is 5.75 Å². The molecule has 8 rings (SSSR count). The van der Waals surface area contributed by atoms with Gasteiger partial charge in [-0.3, -0.25) is 0 Å². The van der Waals surface area contributed by atoms with Crippen LogP contribution in [0.25, 0.3) is 78.5 Å². The summed E-state index contributed by atoms with van der Waals surface area (Å²) >= 11 is 0. The number of hydrogen-bond acceptors (Lipinski definition) is 5. The number of rotatable bonds is 5. The fourth-order valence-corrected chi connectivity index (χ4v) is 5.42. The highest BCUT2D eigenvalue weighted by Gasteiger charge is 2.14. The molecule has 8 aromatic rings. The molecule has 204 valence electrons. The van der Waals surface area contributed by atoms with Gasteiger partial charge in [0, 0.05) is 16.7 Å². The van der Waals surface area contributed by atoms with Gasteiger partial charge in [-0.25, -0.2) is 9.97 Å². The second kappa shape index (κ2) is 10.2. The second-order valence-corrected chi connectivity index (χ2v) is 10.4. The van der Waals surface area contributed by atoms with Crippen LogP contribution in [-0.4, -0.2) is 15.1 Å². The van der Waals surface area contributed by atoms with E-state index in [2.05, 4.69) is 24.3 Å². The fourth-order valence-electron chi connectivity index (χ4n) is 5.42. The number of fused-ring (bicyclic) bond motifs is 2. The predicted octanol–water partition coefficient (Wildman–Crippen LogP) is 10.0. The zero-order valence-corrected chi connectivity index (χ0v) is 22.9. The van der Waals surface area contributed by atoms with Crippen molar-refractivity contribution >= 4 is 22.2 Å². The molecule has 43 heavy (non-hydrogen) atoms. The van der Waals surface area contributed by atoms with Crippen molar-refractivity contribution in [3.63, 3.8) is 0 Å². The van der Waals surface area contributed by atoms with Gasteiger partial charge in [0.15, 0.2) is 11.2 Å². The summed E-state index contributed by atoms with van der Waals surface area (Å²) in [5.74, 6) is 1.16. The normalized spacial score (nSPS) is 11.3. The van der Waals surface area contributed by atoms with E-state index >= 15 is 0 Å². The Morgan fingerprint density at radius 1 is 0.395 bits per heavy atom. The van der Waals surface area contributed by atoms with E-state index in [1.54, 1.807) is 6.07 Å². The average molecular weight is 557 g/mol. The van der Waals surface area contributed by atoms with Crippen molar-refractivity contribution in [1.29, 1.82) is 0 Å². The van der Waals surface area contributed by atoms with Gasteiger partial charge >= 0.3 is 0 Å². The predicted molar refractivity (Wildman–Crippen MR) is 170 cm³/mol. The first-order valence-electron chi connectivity index (χ1n) is 14.0. The van der Waals surface area contributed by atoms with Crippen molar-refractivity contribution in [2.75, 3.05) is 0 Å². The first kappa shape index (κ1) is 24.8. The Morgan fingerprint density at radius 2 is 0.860 bits per heavy atom. The fraction of sp³-hybridized carbons (Fsp3) is 0. The lowest BCUT2D eigenvalue weighted by atomic mass is 10.0. The van der Waals surface area contributed by atoms with Crippen LogP contribution >= 0.6 is 0 Å². The molecule has 0 atom stereocenters. The largest absolute Gasteiger partial charge is 0.507 e. The van der Waals surface area contributed by atoms with E-state index in [0.29, 0.717) is 28.5 Å². The molecule has 0 saturated heterocycles. The molecule has 0 radical (unpaired) electrons. The van der Waals surface area contributed by atoms with Crippen LogP contribution in [0, 0.1) is 0 Å². The molecular formula is C38H24N2O3. The summed E-state index contributed by atoms with van der Waals surface area (Å²) in [6, 6.07) is 45.7. The summed E-state index contributed by atoms with van der Waals surface area (Å²) in [6.07, 6.45) is 0. The number of aromatic nitrogens is 2. The molecule has 5 nitrogen and oxygen atoms in total. The van der Waals surface area contributed by atoms with Crippen LogP contribution in [0.1, 0.15) is 0 Å². The SMILES string of the molecule is Oc1cc(-c2nc3cc(-c4ccccc4)ccc3o2)ccc1-c1ccc(-c2nc3cc(-c4ccccc4)ccc3o2)cc1. The molecule has 5 heteroatoms. The number of benzene rings is 6. The maximum absolute atomic E-state index is 11.0. The summed E-state index contributed by atoms with van der Waals surface area (Å²) in [5, 5.41) is 11.0. The molecular weight excluding hydrogens is 532 g/mol. The Hall–Kier alpha value is -5.94. The minimum atomic E-state index is 0.146. The molecule has 0 fully saturated rings. The lowest BCUT2D eigenvalue weighted by Gasteiger charge is -2.07. The minimum Gasteiger partial charge on any atom is -0.507 e. The topological polar surface area (TPSA) is 72.3 Å². The van der Waals surface area contributed by atoms with E-state index in [9.17, 15) is 5.11 Å². The average Bonchev–Trinajstić information content (AvgIpc) is 3.70. The van der Waals surface area contributed by atoms with Crippen molar-refractivity contribution in [1.82, 2.24) is 9.97 Å². The highest BCUT2D eigenvalue weighted by atomic mass is 16.4. The van der Waals surface area contributed by atoms with Crippen LogP contribution in [0.2, 0.25) is 0 Å². The quantitative estimate of drug-likeness (QED) is 0.228. The van der Waals surface area contributed by atoms with Gasteiger partial charge in [0.1, 0.15) is 16.8 Å². The smallest absolute Gasteiger partial charge is 0.227 e. The molecule has 1 N–H and O–H groups in total. The summed E-state index contributed by atoms with van der Waals surface area (Å²) < 4.78 is 12.1. The Kier molecular flexibility index (Phi) is 5.86. The van der Waals surface area contributed by atoms with Gasteiger partial charge in [-0.05, 0) is 82.4 Å². The number of nitrogens with zero attached hydrogens (tertiary/aromatic N) is 2. The molecule has 2 aromatic heterocycles. The second-order valence-electron chi connectivity index (χ2n) is 10.4. The Balaban J connectivity index is 1.05. The van der Waals surface area contributed by atoms with Crippen molar-refractivity contribution in [2.24, 2.45) is 0 Å². The number of oxazole rings is 2. The third-order valence-electron chi connectivity index (χ3n) is 7.68. The number of aromatic hydroxyl groups is 1. The van der Waals surface area contributed by atoms with Gasteiger partial charge in [0.25, 0.3) is 0 Å². The van der Waals surface area contributed by atoms with E-state index in [4.69, 9.17) is 18.8 Å².